The van der Waals surface area contributed by atoms with E-state index >= 15 is 0 Å². The van der Waals surface area contributed by atoms with Crippen molar-refractivity contribution in [2.45, 2.75) is 0 Å². The normalized spacial score (nSPS) is 11.8. The average Bonchev–Trinajstić information content (AvgIpc) is 3.88. The molecule has 0 aliphatic carbocycles. The monoisotopic (exact) mass is 745 g/mol. The van der Waals surface area contributed by atoms with E-state index in [0.717, 1.165) is 66.2 Å². The van der Waals surface area contributed by atoms with Crippen molar-refractivity contribution < 1.29 is 25.2 Å². The van der Waals surface area contributed by atoms with Crippen molar-refractivity contribution in [3.63, 3.8) is 0 Å². The third-order valence-corrected chi connectivity index (χ3v) is 9.79. The third-order valence-electron chi connectivity index (χ3n) is 9.79. The molecule has 51 heavy (non-hydrogen) atoms. The number of para-hydroxylation sites is 3. The Labute approximate surface area is 305 Å². The molecule has 5 heterocycles. The first kappa shape index (κ1) is 29.6. The van der Waals surface area contributed by atoms with Crippen molar-refractivity contribution in [1.82, 2.24) is 23.5 Å². The van der Waals surface area contributed by atoms with E-state index in [1.54, 1.807) is 0 Å². The molecule has 0 radical (unpaired) electrons. The molecule has 0 amide bonds. The number of ether oxygens (including phenoxy) is 1. The zero-order chi connectivity index (χ0) is 32.8. The van der Waals surface area contributed by atoms with Gasteiger partial charge in [0.1, 0.15) is 5.82 Å². The summed E-state index contributed by atoms with van der Waals surface area (Å²) in [5.41, 5.74) is 7.35. The maximum Gasteiger partial charge on any atom is 2.00 e. The fraction of sp³-hybridized carbons (Fsp3) is 0. The zero-order valence-corrected chi connectivity index (χ0v) is 28.4. The Morgan fingerprint density at radius 1 is 0.490 bits per heavy atom. The topological polar surface area (TPSA) is 49.3 Å². The van der Waals surface area contributed by atoms with Gasteiger partial charge in [-0.05, 0) is 59.3 Å². The molecular formula is C44H25N5OPd. The molecule has 6 nitrogen and oxygen atoms in total. The molecule has 0 unspecified atom stereocenters. The summed E-state index contributed by atoms with van der Waals surface area (Å²) in [6, 6.07) is 53.4. The van der Waals surface area contributed by atoms with E-state index in [0.29, 0.717) is 11.5 Å². The van der Waals surface area contributed by atoms with Crippen LogP contribution >= 0.6 is 0 Å². The molecule has 0 saturated carbocycles. The number of hydrogen-bond acceptors (Lipinski definition) is 3. The molecule has 5 aromatic heterocycles. The molecule has 11 rings (SSSR count). The first-order valence-corrected chi connectivity index (χ1v) is 16.6. The van der Waals surface area contributed by atoms with Crippen LogP contribution in [0.4, 0.5) is 0 Å². The Morgan fingerprint density at radius 2 is 1.16 bits per heavy atom. The van der Waals surface area contributed by atoms with Gasteiger partial charge in [-0.2, -0.15) is 6.07 Å². The maximum absolute atomic E-state index is 6.52. The summed E-state index contributed by atoms with van der Waals surface area (Å²) in [4.78, 5) is 9.46. The molecule has 6 aromatic carbocycles. The second kappa shape index (κ2) is 11.4. The zero-order valence-electron chi connectivity index (χ0n) is 26.9. The predicted molar refractivity (Wildman–Crippen MR) is 201 cm³/mol. The van der Waals surface area contributed by atoms with Gasteiger partial charge in [-0.25, -0.2) is 4.98 Å². The van der Waals surface area contributed by atoms with Crippen molar-refractivity contribution in [3.8, 4) is 23.0 Å². The molecule has 242 valence electrons. The number of fused-ring (bicyclic) bond motifs is 12. The molecule has 0 saturated heterocycles. The number of nitrogens with zero attached hydrogens (tertiary/aromatic N) is 5. The van der Waals surface area contributed by atoms with E-state index < -0.39 is 0 Å². The van der Waals surface area contributed by atoms with Gasteiger partial charge < -0.3 is 18.3 Å². The Kier molecular flexibility index (Phi) is 6.62. The van der Waals surface area contributed by atoms with Crippen LogP contribution in [-0.4, -0.2) is 23.5 Å². The van der Waals surface area contributed by atoms with E-state index in [4.69, 9.17) is 9.72 Å². The van der Waals surface area contributed by atoms with Gasteiger partial charge in [-0.15, -0.1) is 29.7 Å². The van der Waals surface area contributed by atoms with E-state index in [1.165, 1.54) is 16.3 Å². The Morgan fingerprint density at radius 3 is 1.96 bits per heavy atom. The van der Waals surface area contributed by atoms with Crippen LogP contribution in [0.1, 0.15) is 0 Å². The number of imidazole rings is 1. The van der Waals surface area contributed by atoms with E-state index in [-0.39, 0.29) is 20.4 Å². The molecule has 0 fully saturated rings. The van der Waals surface area contributed by atoms with Gasteiger partial charge in [0.05, 0.1) is 16.7 Å². The van der Waals surface area contributed by atoms with Gasteiger partial charge in [0.2, 0.25) is 0 Å². The van der Waals surface area contributed by atoms with Crippen LogP contribution in [0.5, 0.6) is 11.5 Å². The van der Waals surface area contributed by atoms with E-state index in [2.05, 4.69) is 134 Å². The molecule has 0 atom stereocenters. The SMILES string of the molecule is [Pd+2].[c-]1c(Oc2[c-]c3c(cc2)c2ccccc2n3-c2ccccn2)ccc2c1c1nccn1c1cc3c4ccccc4n(-c4ccccc4)c3cc21. The smallest absolute Gasteiger partial charge is 0.503 e. The molecule has 0 aliphatic rings. The minimum Gasteiger partial charge on any atom is -0.503 e. The van der Waals surface area contributed by atoms with Crippen LogP contribution in [0.25, 0.3) is 82.4 Å². The van der Waals surface area contributed by atoms with E-state index in [1.807, 2.05) is 48.9 Å². The van der Waals surface area contributed by atoms with Crippen LogP contribution in [0.2, 0.25) is 0 Å². The van der Waals surface area contributed by atoms with E-state index in [9.17, 15) is 0 Å². The number of benzene rings is 6. The second-order valence-electron chi connectivity index (χ2n) is 12.5. The molecule has 0 N–H and O–H groups in total. The van der Waals surface area contributed by atoms with Crippen molar-refractivity contribution in [2.24, 2.45) is 0 Å². The number of pyridine rings is 2. The summed E-state index contributed by atoms with van der Waals surface area (Å²) < 4.78 is 13.2. The first-order chi connectivity index (χ1) is 24.8. The van der Waals surface area contributed by atoms with Crippen LogP contribution in [0, 0.1) is 12.1 Å². The Balaban J connectivity index is 0.00000327. The summed E-state index contributed by atoms with van der Waals surface area (Å²) in [7, 11) is 0. The van der Waals surface area contributed by atoms with Crippen LogP contribution < -0.4 is 4.74 Å². The van der Waals surface area contributed by atoms with Gasteiger partial charge in [-0.1, -0.05) is 83.0 Å². The Hall–Kier alpha value is -6.26. The van der Waals surface area contributed by atoms with Crippen molar-refractivity contribution in [2.75, 3.05) is 0 Å². The second-order valence-corrected chi connectivity index (χ2v) is 12.5. The van der Waals surface area contributed by atoms with Crippen LogP contribution in [0.3, 0.4) is 0 Å². The first-order valence-electron chi connectivity index (χ1n) is 16.6. The summed E-state index contributed by atoms with van der Waals surface area (Å²) in [6.45, 7) is 0. The van der Waals surface area contributed by atoms with Crippen molar-refractivity contribution in [1.29, 1.82) is 0 Å². The van der Waals surface area contributed by atoms with Crippen LogP contribution in [0.15, 0.2) is 152 Å². The summed E-state index contributed by atoms with van der Waals surface area (Å²) in [6.07, 6.45) is 5.69. The van der Waals surface area contributed by atoms with Gasteiger partial charge in [-0.3, -0.25) is 4.98 Å². The minimum atomic E-state index is 0. The van der Waals surface area contributed by atoms with Gasteiger partial charge in [0.15, 0.2) is 0 Å². The largest absolute Gasteiger partial charge is 2.00 e. The van der Waals surface area contributed by atoms with Crippen molar-refractivity contribution >= 4 is 70.9 Å². The number of hydrogen-bond donors (Lipinski definition) is 0. The van der Waals surface area contributed by atoms with Gasteiger partial charge in [0.25, 0.3) is 0 Å². The maximum atomic E-state index is 6.52. The summed E-state index contributed by atoms with van der Waals surface area (Å²) in [5, 5.41) is 7.72. The minimum absolute atomic E-state index is 0. The average molecular weight is 746 g/mol. The Bertz CT molecular complexity index is 3130. The molecular weight excluding hydrogens is 721 g/mol. The van der Waals surface area contributed by atoms with Crippen LogP contribution in [-0.2, 0) is 20.4 Å². The third kappa shape index (κ3) is 4.39. The van der Waals surface area contributed by atoms with Crippen molar-refractivity contribution in [3.05, 3.63) is 164 Å². The molecule has 0 spiro atoms. The van der Waals surface area contributed by atoms with Gasteiger partial charge in [0, 0.05) is 57.6 Å². The van der Waals surface area contributed by atoms with Gasteiger partial charge >= 0.3 is 20.4 Å². The molecule has 0 aliphatic heterocycles. The molecule has 11 aromatic rings. The molecule has 7 heteroatoms. The fourth-order valence-corrected chi connectivity index (χ4v) is 7.67. The summed E-state index contributed by atoms with van der Waals surface area (Å²) in [5.74, 6) is 2.03. The fourth-order valence-electron chi connectivity index (χ4n) is 7.67. The predicted octanol–water partition coefficient (Wildman–Crippen LogP) is 10.6. The summed E-state index contributed by atoms with van der Waals surface area (Å²) >= 11 is 0. The molecule has 0 bridgehead atoms. The standard InChI is InChI=1S/C44H25N5O.Pd/c1-2-10-28(11-3-1)48-38-14-6-5-13-33(38)36-26-40-35(27-42(36)48)31-19-17-29(24-37(31)44-46-22-23-47(40)44)50-30-18-20-34-32-12-4-7-15-39(32)49(41(34)25-30)43-16-8-9-21-45-43;/h1-23,26-27H;/q-2;+2. The number of rotatable bonds is 4. The number of aromatic nitrogens is 5. The quantitative estimate of drug-likeness (QED) is 0.102.